The van der Waals surface area contributed by atoms with E-state index in [9.17, 15) is 9.59 Å². The lowest BCUT2D eigenvalue weighted by atomic mass is 10.2. The molecule has 0 atom stereocenters. The van der Waals surface area contributed by atoms with Crippen molar-refractivity contribution in [3.8, 4) is 5.75 Å². The maximum absolute atomic E-state index is 12.1. The van der Waals surface area contributed by atoms with Gasteiger partial charge in [0.05, 0.1) is 17.5 Å². The van der Waals surface area contributed by atoms with Crippen LogP contribution in [0.5, 0.6) is 5.75 Å². The molecule has 3 rings (SSSR count). The summed E-state index contributed by atoms with van der Waals surface area (Å²) < 4.78 is 5.57. The summed E-state index contributed by atoms with van der Waals surface area (Å²) in [5, 5.41) is 2.71. The van der Waals surface area contributed by atoms with E-state index in [1.165, 1.54) is 18.5 Å². The first kappa shape index (κ1) is 17.0. The van der Waals surface area contributed by atoms with Crippen LogP contribution in [-0.4, -0.2) is 26.8 Å². The molecule has 0 aliphatic carbocycles. The molecule has 0 fully saturated rings. The van der Waals surface area contributed by atoms with Crippen molar-refractivity contribution in [2.75, 3.05) is 5.32 Å². The highest BCUT2D eigenvalue weighted by molar-refractivity contribution is 6.03. The predicted molar refractivity (Wildman–Crippen MR) is 93.5 cm³/mol. The van der Waals surface area contributed by atoms with E-state index in [0.29, 0.717) is 22.8 Å². The molecule has 0 bridgehead atoms. The van der Waals surface area contributed by atoms with E-state index in [4.69, 9.17) is 10.5 Å². The number of ether oxygens (including phenoxy) is 1. The predicted octanol–water partition coefficient (Wildman–Crippen LogP) is 1.80. The standard InChI is InChI=1S/C18H15N5O3/c19-17(24)13-8-15(10-21-9-13)26-11-14-2-1-3-16(22-14)23-18(25)12-4-6-20-7-5-12/h1-10H,11H2,(H2,19,24)(H,22,23,25). The van der Waals surface area contributed by atoms with Crippen molar-refractivity contribution >= 4 is 17.6 Å². The van der Waals surface area contributed by atoms with Gasteiger partial charge in [0.25, 0.3) is 5.91 Å². The second-order valence-electron chi connectivity index (χ2n) is 5.27. The highest BCUT2D eigenvalue weighted by Crippen LogP contribution is 2.14. The molecule has 26 heavy (non-hydrogen) atoms. The zero-order valence-electron chi connectivity index (χ0n) is 13.6. The number of aromatic nitrogens is 3. The number of nitrogens with two attached hydrogens (primary N) is 1. The molecule has 0 radical (unpaired) electrons. The molecule has 130 valence electrons. The summed E-state index contributed by atoms with van der Waals surface area (Å²) in [7, 11) is 0. The average Bonchev–Trinajstić information content (AvgIpc) is 2.67. The first-order chi connectivity index (χ1) is 12.6. The van der Waals surface area contributed by atoms with Crippen molar-refractivity contribution < 1.29 is 14.3 Å². The summed E-state index contributed by atoms with van der Waals surface area (Å²) in [6, 6.07) is 9.92. The van der Waals surface area contributed by atoms with Crippen LogP contribution in [0.2, 0.25) is 0 Å². The molecule has 0 aliphatic heterocycles. The summed E-state index contributed by atoms with van der Waals surface area (Å²) in [5.74, 6) is -0.0653. The van der Waals surface area contributed by atoms with Crippen LogP contribution in [0.15, 0.2) is 61.2 Å². The topological polar surface area (TPSA) is 120 Å². The van der Waals surface area contributed by atoms with E-state index >= 15 is 0 Å². The fourth-order valence-electron chi connectivity index (χ4n) is 2.11. The molecular formula is C18H15N5O3. The largest absolute Gasteiger partial charge is 0.486 e. The zero-order chi connectivity index (χ0) is 18.4. The summed E-state index contributed by atoms with van der Waals surface area (Å²) in [6.45, 7) is 0.142. The minimum atomic E-state index is -0.582. The van der Waals surface area contributed by atoms with Crippen LogP contribution in [0.25, 0.3) is 0 Å². The van der Waals surface area contributed by atoms with Gasteiger partial charge >= 0.3 is 0 Å². The van der Waals surface area contributed by atoms with Crippen molar-refractivity contribution in [1.29, 1.82) is 0 Å². The Morgan fingerprint density at radius 3 is 2.62 bits per heavy atom. The van der Waals surface area contributed by atoms with Gasteiger partial charge in [0, 0.05) is 24.2 Å². The molecule has 3 N–H and O–H groups in total. The molecular weight excluding hydrogens is 334 g/mol. The van der Waals surface area contributed by atoms with E-state index in [0.717, 1.165) is 0 Å². The quantitative estimate of drug-likeness (QED) is 0.700. The van der Waals surface area contributed by atoms with Gasteiger partial charge in [0.2, 0.25) is 5.91 Å². The van der Waals surface area contributed by atoms with Gasteiger partial charge in [0.15, 0.2) is 0 Å². The molecule has 3 aromatic heterocycles. The number of pyridine rings is 3. The number of nitrogens with one attached hydrogen (secondary N) is 1. The number of primary amides is 1. The van der Waals surface area contributed by atoms with Crippen molar-refractivity contribution in [1.82, 2.24) is 15.0 Å². The molecule has 0 saturated heterocycles. The van der Waals surface area contributed by atoms with Crippen molar-refractivity contribution in [2.24, 2.45) is 5.73 Å². The van der Waals surface area contributed by atoms with Gasteiger partial charge in [-0.2, -0.15) is 0 Å². The van der Waals surface area contributed by atoms with Crippen molar-refractivity contribution in [3.05, 3.63) is 78.0 Å². The number of carbonyl (C=O) groups excluding carboxylic acids is 2. The Kier molecular flexibility index (Phi) is 5.14. The minimum absolute atomic E-state index is 0.142. The van der Waals surface area contributed by atoms with Crippen LogP contribution in [0.1, 0.15) is 26.4 Å². The Morgan fingerprint density at radius 1 is 1.04 bits per heavy atom. The van der Waals surface area contributed by atoms with Crippen LogP contribution >= 0.6 is 0 Å². The normalized spacial score (nSPS) is 10.2. The lowest BCUT2D eigenvalue weighted by Crippen LogP contribution is -2.13. The number of nitrogens with zero attached hydrogens (tertiary/aromatic N) is 3. The summed E-state index contributed by atoms with van der Waals surface area (Å²) in [5.41, 5.74) is 6.55. The van der Waals surface area contributed by atoms with Crippen LogP contribution in [0.3, 0.4) is 0 Å². The van der Waals surface area contributed by atoms with Gasteiger partial charge in [0.1, 0.15) is 18.2 Å². The Balaban J connectivity index is 1.65. The molecule has 8 nitrogen and oxygen atoms in total. The highest BCUT2D eigenvalue weighted by Gasteiger charge is 2.08. The van der Waals surface area contributed by atoms with E-state index in [1.54, 1.807) is 42.7 Å². The Hall–Kier alpha value is -3.81. The van der Waals surface area contributed by atoms with Crippen LogP contribution in [-0.2, 0) is 6.61 Å². The fraction of sp³-hybridized carbons (Fsp3) is 0.0556. The third kappa shape index (κ3) is 4.38. The SMILES string of the molecule is NC(=O)c1cncc(OCc2cccc(NC(=O)c3ccncc3)n2)c1. The fourth-order valence-corrected chi connectivity index (χ4v) is 2.11. The molecule has 0 spiro atoms. The van der Waals surface area contributed by atoms with Crippen LogP contribution in [0.4, 0.5) is 5.82 Å². The smallest absolute Gasteiger partial charge is 0.256 e. The molecule has 8 heteroatoms. The molecule has 0 saturated carbocycles. The van der Waals surface area contributed by atoms with Gasteiger partial charge in [-0.05, 0) is 30.3 Å². The van der Waals surface area contributed by atoms with E-state index in [2.05, 4.69) is 20.3 Å². The lowest BCUT2D eigenvalue weighted by Gasteiger charge is -2.08. The molecule has 0 unspecified atom stereocenters. The van der Waals surface area contributed by atoms with Gasteiger partial charge < -0.3 is 15.8 Å². The van der Waals surface area contributed by atoms with Gasteiger partial charge in [-0.1, -0.05) is 6.07 Å². The van der Waals surface area contributed by atoms with E-state index in [-0.39, 0.29) is 18.1 Å². The number of hydrogen-bond acceptors (Lipinski definition) is 6. The summed E-state index contributed by atoms with van der Waals surface area (Å²) in [6.07, 6.45) is 5.92. The second kappa shape index (κ2) is 7.84. The Morgan fingerprint density at radius 2 is 1.85 bits per heavy atom. The van der Waals surface area contributed by atoms with Gasteiger partial charge in [-0.25, -0.2) is 4.98 Å². The Bertz CT molecular complexity index is 931. The number of carbonyl (C=O) groups is 2. The third-order valence-corrected chi connectivity index (χ3v) is 3.38. The number of hydrogen-bond donors (Lipinski definition) is 2. The first-order valence-electron chi connectivity index (χ1n) is 7.67. The molecule has 0 aromatic carbocycles. The second-order valence-corrected chi connectivity index (χ2v) is 5.27. The van der Waals surface area contributed by atoms with Gasteiger partial charge in [-0.15, -0.1) is 0 Å². The molecule has 0 aliphatic rings. The van der Waals surface area contributed by atoms with Crippen LogP contribution in [0, 0.1) is 0 Å². The number of rotatable bonds is 6. The van der Waals surface area contributed by atoms with E-state index < -0.39 is 5.91 Å². The maximum Gasteiger partial charge on any atom is 0.256 e. The monoisotopic (exact) mass is 349 g/mol. The lowest BCUT2D eigenvalue weighted by molar-refractivity contribution is 0.0997. The molecule has 2 amide bonds. The number of anilines is 1. The zero-order valence-corrected chi connectivity index (χ0v) is 13.6. The third-order valence-electron chi connectivity index (χ3n) is 3.38. The maximum atomic E-state index is 12.1. The van der Waals surface area contributed by atoms with E-state index in [1.807, 2.05) is 0 Å². The molecule has 3 aromatic rings. The average molecular weight is 349 g/mol. The van der Waals surface area contributed by atoms with Crippen LogP contribution < -0.4 is 15.8 Å². The first-order valence-corrected chi connectivity index (χ1v) is 7.67. The summed E-state index contributed by atoms with van der Waals surface area (Å²) in [4.78, 5) is 35.4. The molecule has 3 heterocycles. The van der Waals surface area contributed by atoms with Gasteiger partial charge in [-0.3, -0.25) is 19.6 Å². The van der Waals surface area contributed by atoms with Crippen molar-refractivity contribution in [3.63, 3.8) is 0 Å². The Labute approximate surface area is 149 Å². The highest BCUT2D eigenvalue weighted by atomic mass is 16.5. The minimum Gasteiger partial charge on any atom is -0.486 e. The number of amides is 2. The summed E-state index contributed by atoms with van der Waals surface area (Å²) >= 11 is 0. The van der Waals surface area contributed by atoms with Crippen molar-refractivity contribution in [2.45, 2.75) is 6.61 Å².